The second-order valence-electron chi connectivity index (χ2n) is 5.97. The average molecular weight is 291 g/mol. The number of primary amides is 1. The third kappa shape index (κ3) is 3.25. The molecule has 1 aromatic heterocycles. The van der Waals surface area contributed by atoms with Crippen LogP contribution in [0.5, 0.6) is 0 Å². The normalized spacial score (nSPS) is 18.9. The second-order valence-corrected chi connectivity index (χ2v) is 5.97. The summed E-state index contributed by atoms with van der Waals surface area (Å²) in [6.45, 7) is 7.72. The van der Waals surface area contributed by atoms with Gasteiger partial charge in [0.25, 0.3) is 0 Å². The average Bonchev–Trinajstić information content (AvgIpc) is 2.47. The number of anilines is 2. The molecular formula is C15H25N5O. The number of hydrogen-bond acceptors (Lipinski definition) is 5. The third-order valence-corrected chi connectivity index (χ3v) is 4.01. The van der Waals surface area contributed by atoms with Crippen LogP contribution in [0.1, 0.15) is 44.0 Å². The van der Waals surface area contributed by atoms with Crippen molar-refractivity contribution in [2.45, 2.75) is 39.5 Å². The van der Waals surface area contributed by atoms with E-state index in [0.717, 1.165) is 42.4 Å². The second kappa shape index (κ2) is 6.28. The highest BCUT2D eigenvalue weighted by atomic mass is 16.1. The van der Waals surface area contributed by atoms with E-state index in [-0.39, 0.29) is 17.7 Å². The van der Waals surface area contributed by atoms with E-state index in [1.165, 1.54) is 0 Å². The Balaban J connectivity index is 2.37. The molecule has 0 spiro atoms. The van der Waals surface area contributed by atoms with E-state index >= 15 is 0 Å². The summed E-state index contributed by atoms with van der Waals surface area (Å²) in [5.41, 5.74) is 6.49. The fourth-order valence-electron chi connectivity index (χ4n) is 2.73. The number of rotatable bonds is 4. The Kier molecular flexibility index (Phi) is 4.65. The summed E-state index contributed by atoms with van der Waals surface area (Å²) in [7, 11) is 1.87. The summed E-state index contributed by atoms with van der Waals surface area (Å²) < 4.78 is 0. The standard InChI is InChI=1S/C15H25N5O/c1-9(2)13-18-14(17-4)10(3)15(19-13)20-7-5-6-11(8-20)12(16)21/h9,11H,5-8H2,1-4H3,(H2,16,21)(H,17,18,19). The van der Waals surface area contributed by atoms with E-state index in [1.807, 2.05) is 14.0 Å². The number of piperidine rings is 1. The molecule has 3 N–H and O–H groups in total. The van der Waals surface area contributed by atoms with Crippen LogP contribution in [0.25, 0.3) is 0 Å². The Bertz CT molecular complexity index is 529. The topological polar surface area (TPSA) is 84.1 Å². The lowest BCUT2D eigenvalue weighted by molar-refractivity contribution is -0.122. The molecular weight excluding hydrogens is 266 g/mol. The van der Waals surface area contributed by atoms with Crippen molar-refractivity contribution in [1.82, 2.24) is 9.97 Å². The molecule has 21 heavy (non-hydrogen) atoms. The fourth-order valence-corrected chi connectivity index (χ4v) is 2.73. The Morgan fingerprint density at radius 3 is 2.71 bits per heavy atom. The van der Waals surface area contributed by atoms with Gasteiger partial charge in [0.15, 0.2) is 0 Å². The van der Waals surface area contributed by atoms with Crippen LogP contribution in [0.15, 0.2) is 0 Å². The zero-order chi connectivity index (χ0) is 15.6. The van der Waals surface area contributed by atoms with Crippen LogP contribution in [-0.2, 0) is 4.79 Å². The first kappa shape index (κ1) is 15.5. The number of nitrogens with zero attached hydrogens (tertiary/aromatic N) is 3. The molecule has 1 atom stereocenters. The van der Waals surface area contributed by atoms with Gasteiger partial charge in [-0.1, -0.05) is 13.8 Å². The van der Waals surface area contributed by atoms with Gasteiger partial charge < -0.3 is 16.0 Å². The van der Waals surface area contributed by atoms with Gasteiger partial charge in [0.2, 0.25) is 5.91 Å². The number of amides is 1. The molecule has 0 saturated carbocycles. The number of nitrogens with one attached hydrogen (secondary N) is 1. The minimum atomic E-state index is -0.218. The lowest BCUT2D eigenvalue weighted by Crippen LogP contribution is -2.42. The van der Waals surface area contributed by atoms with Gasteiger partial charge in [-0.15, -0.1) is 0 Å². The van der Waals surface area contributed by atoms with E-state index in [2.05, 4.69) is 29.0 Å². The molecule has 6 heteroatoms. The molecule has 1 aliphatic heterocycles. The van der Waals surface area contributed by atoms with Crippen LogP contribution >= 0.6 is 0 Å². The van der Waals surface area contributed by atoms with E-state index in [9.17, 15) is 4.79 Å². The molecule has 0 aliphatic carbocycles. The van der Waals surface area contributed by atoms with Crippen molar-refractivity contribution in [3.63, 3.8) is 0 Å². The third-order valence-electron chi connectivity index (χ3n) is 4.01. The van der Waals surface area contributed by atoms with E-state index in [0.29, 0.717) is 6.54 Å². The fraction of sp³-hybridized carbons (Fsp3) is 0.667. The molecule has 1 fully saturated rings. The lowest BCUT2D eigenvalue weighted by atomic mass is 9.97. The molecule has 0 aromatic carbocycles. The maximum atomic E-state index is 11.5. The van der Waals surface area contributed by atoms with Gasteiger partial charge in [-0.3, -0.25) is 4.79 Å². The Hall–Kier alpha value is -1.85. The Morgan fingerprint density at radius 2 is 2.14 bits per heavy atom. The summed E-state index contributed by atoms with van der Waals surface area (Å²) in [4.78, 5) is 22.9. The maximum Gasteiger partial charge on any atom is 0.222 e. The van der Waals surface area contributed by atoms with Gasteiger partial charge in [0, 0.05) is 31.6 Å². The molecule has 2 rings (SSSR count). The van der Waals surface area contributed by atoms with Crippen molar-refractivity contribution in [2.75, 3.05) is 30.4 Å². The Morgan fingerprint density at radius 1 is 1.43 bits per heavy atom. The lowest BCUT2D eigenvalue weighted by Gasteiger charge is -2.33. The minimum absolute atomic E-state index is 0.0892. The van der Waals surface area contributed by atoms with E-state index in [1.54, 1.807) is 0 Å². The van der Waals surface area contributed by atoms with Gasteiger partial charge in [0.1, 0.15) is 17.5 Å². The molecule has 1 amide bonds. The van der Waals surface area contributed by atoms with Crippen molar-refractivity contribution >= 4 is 17.5 Å². The molecule has 1 aliphatic rings. The molecule has 6 nitrogen and oxygen atoms in total. The monoisotopic (exact) mass is 291 g/mol. The zero-order valence-electron chi connectivity index (χ0n) is 13.3. The van der Waals surface area contributed by atoms with Gasteiger partial charge in [-0.25, -0.2) is 9.97 Å². The van der Waals surface area contributed by atoms with E-state index in [4.69, 9.17) is 10.7 Å². The number of carbonyl (C=O) groups is 1. The quantitative estimate of drug-likeness (QED) is 0.881. The Labute approximate surface area is 126 Å². The highest BCUT2D eigenvalue weighted by Crippen LogP contribution is 2.29. The predicted octanol–water partition coefficient (Wildman–Crippen LogP) is 1.65. The number of aromatic nitrogens is 2. The number of nitrogens with two attached hydrogens (primary N) is 1. The number of carbonyl (C=O) groups excluding carboxylic acids is 1. The molecule has 1 unspecified atom stereocenters. The smallest absolute Gasteiger partial charge is 0.222 e. The highest BCUT2D eigenvalue weighted by molar-refractivity contribution is 5.77. The highest BCUT2D eigenvalue weighted by Gasteiger charge is 2.27. The van der Waals surface area contributed by atoms with Crippen molar-refractivity contribution in [3.05, 3.63) is 11.4 Å². The van der Waals surface area contributed by atoms with Gasteiger partial charge in [0.05, 0.1) is 5.92 Å². The molecule has 0 bridgehead atoms. The van der Waals surface area contributed by atoms with Crippen LogP contribution in [-0.4, -0.2) is 36.0 Å². The zero-order valence-corrected chi connectivity index (χ0v) is 13.3. The summed E-state index contributed by atoms with van der Waals surface area (Å²) in [5, 5.41) is 3.13. The first-order chi connectivity index (χ1) is 9.93. The summed E-state index contributed by atoms with van der Waals surface area (Å²) in [6.07, 6.45) is 1.83. The van der Waals surface area contributed by atoms with Crippen LogP contribution in [0.3, 0.4) is 0 Å². The van der Waals surface area contributed by atoms with Gasteiger partial charge >= 0.3 is 0 Å². The first-order valence-electron chi connectivity index (χ1n) is 7.54. The molecule has 1 aromatic rings. The first-order valence-corrected chi connectivity index (χ1v) is 7.54. The SMILES string of the molecule is CNc1nc(C(C)C)nc(N2CCCC(C(N)=O)C2)c1C. The number of hydrogen-bond donors (Lipinski definition) is 2. The van der Waals surface area contributed by atoms with Crippen molar-refractivity contribution in [2.24, 2.45) is 11.7 Å². The molecule has 116 valence electrons. The predicted molar refractivity (Wildman–Crippen MR) is 84.5 cm³/mol. The molecule has 1 saturated heterocycles. The molecule has 2 heterocycles. The summed E-state index contributed by atoms with van der Waals surface area (Å²) >= 11 is 0. The van der Waals surface area contributed by atoms with Crippen molar-refractivity contribution < 1.29 is 4.79 Å². The minimum Gasteiger partial charge on any atom is -0.373 e. The largest absolute Gasteiger partial charge is 0.373 e. The van der Waals surface area contributed by atoms with Crippen LogP contribution in [0.2, 0.25) is 0 Å². The molecule has 0 radical (unpaired) electrons. The van der Waals surface area contributed by atoms with Gasteiger partial charge in [-0.05, 0) is 19.8 Å². The van der Waals surface area contributed by atoms with Crippen LogP contribution in [0, 0.1) is 12.8 Å². The summed E-state index contributed by atoms with van der Waals surface area (Å²) in [6, 6.07) is 0. The van der Waals surface area contributed by atoms with Gasteiger partial charge in [-0.2, -0.15) is 0 Å². The van der Waals surface area contributed by atoms with Crippen LogP contribution < -0.4 is 16.0 Å². The van der Waals surface area contributed by atoms with E-state index < -0.39 is 0 Å². The van der Waals surface area contributed by atoms with Crippen LogP contribution in [0.4, 0.5) is 11.6 Å². The maximum absolute atomic E-state index is 11.5. The van der Waals surface area contributed by atoms with Crippen molar-refractivity contribution in [3.8, 4) is 0 Å². The summed E-state index contributed by atoms with van der Waals surface area (Å²) in [5.74, 6) is 2.54. The van der Waals surface area contributed by atoms with Crippen molar-refractivity contribution in [1.29, 1.82) is 0 Å².